The fourth-order valence-corrected chi connectivity index (χ4v) is 3.28. The van der Waals surface area contributed by atoms with E-state index in [-0.39, 0.29) is 23.9 Å². The standard InChI is InChI=1S/C16H20FNO2/c17-13-7-5-12(6-8-13)11-16(19)18-9-10-20-15-4-2-1-3-14(15)18/h5-8,14-15H,1-4,9-11H2/t14-,15+/m0/s1. The number of ether oxygens (including phenoxy) is 1. The first-order valence-electron chi connectivity index (χ1n) is 7.39. The largest absolute Gasteiger partial charge is 0.374 e. The molecule has 3 nitrogen and oxygen atoms in total. The van der Waals surface area contributed by atoms with E-state index >= 15 is 0 Å². The van der Waals surface area contributed by atoms with Crippen LogP contribution in [0.4, 0.5) is 4.39 Å². The molecule has 1 aromatic rings. The van der Waals surface area contributed by atoms with Crippen molar-refractivity contribution in [2.75, 3.05) is 13.2 Å². The molecule has 2 atom stereocenters. The van der Waals surface area contributed by atoms with Crippen molar-refractivity contribution in [3.63, 3.8) is 0 Å². The van der Waals surface area contributed by atoms with Gasteiger partial charge in [-0.05, 0) is 30.5 Å². The lowest BCUT2D eigenvalue weighted by atomic mass is 9.90. The lowest BCUT2D eigenvalue weighted by Gasteiger charge is -2.43. The molecule has 0 aromatic heterocycles. The van der Waals surface area contributed by atoms with Gasteiger partial charge in [0.15, 0.2) is 0 Å². The predicted molar refractivity (Wildman–Crippen MR) is 73.8 cm³/mol. The van der Waals surface area contributed by atoms with Crippen molar-refractivity contribution in [3.05, 3.63) is 35.6 Å². The zero-order valence-corrected chi connectivity index (χ0v) is 11.6. The van der Waals surface area contributed by atoms with Crippen LogP contribution in [0.1, 0.15) is 31.2 Å². The van der Waals surface area contributed by atoms with Crippen LogP contribution < -0.4 is 0 Å². The van der Waals surface area contributed by atoms with E-state index in [9.17, 15) is 9.18 Å². The highest BCUT2D eigenvalue weighted by Gasteiger charge is 2.36. The van der Waals surface area contributed by atoms with Gasteiger partial charge < -0.3 is 9.64 Å². The van der Waals surface area contributed by atoms with Crippen LogP contribution in [0, 0.1) is 5.82 Å². The number of carbonyl (C=O) groups excluding carboxylic acids is 1. The van der Waals surface area contributed by atoms with Crippen LogP contribution in [0.15, 0.2) is 24.3 Å². The summed E-state index contributed by atoms with van der Waals surface area (Å²) in [6.45, 7) is 1.32. The van der Waals surface area contributed by atoms with Gasteiger partial charge in [0, 0.05) is 6.54 Å². The Morgan fingerprint density at radius 1 is 1.25 bits per heavy atom. The first-order chi connectivity index (χ1) is 9.74. The number of hydrogen-bond acceptors (Lipinski definition) is 2. The average molecular weight is 277 g/mol. The van der Waals surface area contributed by atoms with Gasteiger partial charge in [-0.2, -0.15) is 0 Å². The van der Waals surface area contributed by atoms with Crippen molar-refractivity contribution in [1.82, 2.24) is 4.90 Å². The van der Waals surface area contributed by atoms with Crippen LogP contribution in [0.2, 0.25) is 0 Å². The molecular formula is C16H20FNO2. The number of fused-ring (bicyclic) bond motifs is 1. The molecule has 3 rings (SSSR count). The first-order valence-corrected chi connectivity index (χ1v) is 7.39. The molecule has 1 heterocycles. The molecule has 1 saturated carbocycles. The van der Waals surface area contributed by atoms with Crippen molar-refractivity contribution in [2.24, 2.45) is 0 Å². The zero-order chi connectivity index (χ0) is 13.9. The summed E-state index contributed by atoms with van der Waals surface area (Å²) in [5.74, 6) is -0.128. The monoisotopic (exact) mass is 277 g/mol. The minimum Gasteiger partial charge on any atom is -0.374 e. The zero-order valence-electron chi connectivity index (χ0n) is 11.6. The summed E-state index contributed by atoms with van der Waals surface area (Å²) in [6.07, 6.45) is 5.04. The second-order valence-corrected chi connectivity index (χ2v) is 5.65. The topological polar surface area (TPSA) is 29.5 Å². The Labute approximate surface area is 118 Å². The molecule has 1 aliphatic carbocycles. The molecule has 1 aliphatic heterocycles. The van der Waals surface area contributed by atoms with Gasteiger partial charge in [-0.15, -0.1) is 0 Å². The van der Waals surface area contributed by atoms with Crippen LogP contribution >= 0.6 is 0 Å². The fourth-order valence-electron chi connectivity index (χ4n) is 3.28. The Bertz CT molecular complexity index is 472. The van der Waals surface area contributed by atoms with Crippen LogP contribution in [-0.4, -0.2) is 36.1 Å². The Kier molecular flexibility index (Phi) is 4.01. The van der Waals surface area contributed by atoms with Crippen LogP contribution in [0.25, 0.3) is 0 Å². The second kappa shape index (κ2) is 5.92. The Morgan fingerprint density at radius 3 is 2.80 bits per heavy atom. The van der Waals surface area contributed by atoms with E-state index in [1.807, 2.05) is 4.90 Å². The molecule has 0 spiro atoms. The van der Waals surface area contributed by atoms with E-state index in [4.69, 9.17) is 4.74 Å². The third-order valence-corrected chi connectivity index (χ3v) is 4.32. The number of morpholine rings is 1. The third-order valence-electron chi connectivity index (χ3n) is 4.32. The normalized spacial score (nSPS) is 26.1. The molecule has 1 saturated heterocycles. The van der Waals surface area contributed by atoms with Gasteiger partial charge in [0.1, 0.15) is 5.82 Å². The molecule has 108 valence electrons. The molecule has 0 unspecified atom stereocenters. The minimum absolute atomic E-state index is 0.136. The van der Waals surface area contributed by atoms with Gasteiger partial charge in [0.2, 0.25) is 5.91 Å². The smallest absolute Gasteiger partial charge is 0.227 e. The first kappa shape index (κ1) is 13.6. The number of amides is 1. The maximum atomic E-state index is 12.9. The SMILES string of the molecule is O=C(Cc1ccc(F)cc1)N1CCO[C@@H]2CCCC[C@@H]21. The summed E-state index contributed by atoms with van der Waals surface area (Å²) in [6, 6.07) is 6.43. The number of hydrogen-bond donors (Lipinski definition) is 0. The minimum atomic E-state index is -0.264. The van der Waals surface area contributed by atoms with Gasteiger partial charge in [0.05, 0.1) is 25.2 Å². The van der Waals surface area contributed by atoms with Gasteiger partial charge in [-0.1, -0.05) is 25.0 Å². The van der Waals surface area contributed by atoms with Crippen molar-refractivity contribution in [1.29, 1.82) is 0 Å². The fraction of sp³-hybridized carbons (Fsp3) is 0.562. The van der Waals surface area contributed by atoms with E-state index in [2.05, 4.69) is 0 Å². The highest BCUT2D eigenvalue weighted by molar-refractivity contribution is 5.79. The van der Waals surface area contributed by atoms with Gasteiger partial charge in [0.25, 0.3) is 0 Å². The highest BCUT2D eigenvalue weighted by Crippen LogP contribution is 2.28. The van der Waals surface area contributed by atoms with E-state index < -0.39 is 0 Å². The van der Waals surface area contributed by atoms with E-state index in [0.29, 0.717) is 19.6 Å². The summed E-state index contributed by atoms with van der Waals surface area (Å²) < 4.78 is 18.7. The molecule has 20 heavy (non-hydrogen) atoms. The number of rotatable bonds is 2. The predicted octanol–water partition coefficient (Wildman–Crippen LogP) is 2.54. The highest BCUT2D eigenvalue weighted by atomic mass is 19.1. The van der Waals surface area contributed by atoms with Crippen LogP contribution in [0.5, 0.6) is 0 Å². The van der Waals surface area contributed by atoms with Crippen molar-refractivity contribution in [2.45, 2.75) is 44.2 Å². The average Bonchev–Trinajstić information content (AvgIpc) is 2.49. The van der Waals surface area contributed by atoms with E-state index in [1.54, 1.807) is 12.1 Å². The molecule has 2 aliphatic rings. The number of nitrogens with zero attached hydrogens (tertiary/aromatic N) is 1. The molecule has 4 heteroatoms. The Balaban J connectivity index is 1.67. The van der Waals surface area contributed by atoms with Crippen LogP contribution in [-0.2, 0) is 16.0 Å². The Morgan fingerprint density at radius 2 is 2.00 bits per heavy atom. The van der Waals surface area contributed by atoms with Gasteiger partial charge in [-0.3, -0.25) is 4.79 Å². The molecule has 2 fully saturated rings. The summed E-state index contributed by atoms with van der Waals surface area (Å²) in [4.78, 5) is 14.5. The molecule has 0 N–H and O–H groups in total. The van der Waals surface area contributed by atoms with E-state index in [1.165, 1.54) is 25.0 Å². The van der Waals surface area contributed by atoms with Gasteiger partial charge >= 0.3 is 0 Å². The molecule has 1 amide bonds. The maximum Gasteiger partial charge on any atom is 0.227 e. The second-order valence-electron chi connectivity index (χ2n) is 5.65. The van der Waals surface area contributed by atoms with Crippen molar-refractivity contribution < 1.29 is 13.9 Å². The lowest BCUT2D eigenvalue weighted by molar-refractivity contribution is -0.148. The number of halogens is 1. The molecular weight excluding hydrogens is 257 g/mol. The molecule has 0 bridgehead atoms. The molecule has 1 aromatic carbocycles. The van der Waals surface area contributed by atoms with E-state index in [0.717, 1.165) is 18.4 Å². The van der Waals surface area contributed by atoms with Gasteiger partial charge in [-0.25, -0.2) is 4.39 Å². The quantitative estimate of drug-likeness (QED) is 0.831. The Hall–Kier alpha value is -1.42. The third kappa shape index (κ3) is 2.85. The van der Waals surface area contributed by atoms with Crippen molar-refractivity contribution >= 4 is 5.91 Å². The summed E-state index contributed by atoms with van der Waals surface area (Å²) in [5.41, 5.74) is 0.871. The summed E-state index contributed by atoms with van der Waals surface area (Å²) >= 11 is 0. The lowest BCUT2D eigenvalue weighted by Crippen LogP contribution is -2.55. The summed E-state index contributed by atoms with van der Waals surface area (Å²) in [5, 5.41) is 0. The van der Waals surface area contributed by atoms with Crippen molar-refractivity contribution in [3.8, 4) is 0 Å². The summed E-state index contributed by atoms with van der Waals surface area (Å²) in [7, 11) is 0. The number of benzene rings is 1. The molecule has 0 radical (unpaired) electrons. The number of carbonyl (C=O) groups is 1. The maximum absolute atomic E-state index is 12.9. The van der Waals surface area contributed by atoms with Crippen LogP contribution in [0.3, 0.4) is 0 Å².